The van der Waals surface area contributed by atoms with Crippen molar-refractivity contribution in [1.82, 2.24) is 9.78 Å². The molecular formula is C7H9N3O. The Morgan fingerprint density at radius 3 is 3.18 bits per heavy atom. The van der Waals surface area contributed by atoms with Gasteiger partial charge in [0, 0.05) is 12.7 Å². The molecule has 1 rings (SSSR count). The summed E-state index contributed by atoms with van der Waals surface area (Å²) in [6, 6.07) is 1.82. The van der Waals surface area contributed by atoms with Crippen molar-refractivity contribution in [3.63, 3.8) is 0 Å². The Bertz CT molecular complexity index is 264. The van der Waals surface area contributed by atoms with Crippen molar-refractivity contribution in [3.8, 4) is 0 Å². The van der Waals surface area contributed by atoms with Crippen molar-refractivity contribution < 1.29 is 0 Å². The van der Waals surface area contributed by atoms with Crippen LogP contribution in [-0.2, 0) is 6.54 Å². The molecule has 0 aliphatic rings. The zero-order valence-electron chi connectivity index (χ0n) is 6.27. The van der Waals surface area contributed by atoms with Crippen LogP contribution in [0.5, 0.6) is 0 Å². The van der Waals surface area contributed by atoms with Crippen molar-refractivity contribution in [2.24, 2.45) is 5.18 Å². The highest BCUT2D eigenvalue weighted by atomic mass is 16.2. The summed E-state index contributed by atoms with van der Waals surface area (Å²) in [6.45, 7) is 2.83. The molecule has 0 aliphatic heterocycles. The lowest BCUT2D eigenvalue weighted by Gasteiger charge is -1.89. The van der Waals surface area contributed by atoms with Gasteiger partial charge in [-0.1, -0.05) is 0 Å². The summed E-state index contributed by atoms with van der Waals surface area (Å²) in [5.41, 5.74) is 0.756. The van der Waals surface area contributed by atoms with Crippen LogP contribution in [0, 0.1) is 4.91 Å². The van der Waals surface area contributed by atoms with Gasteiger partial charge >= 0.3 is 0 Å². The summed E-state index contributed by atoms with van der Waals surface area (Å²) in [5, 5.41) is 6.68. The number of aryl methyl sites for hydroxylation is 1. The van der Waals surface area contributed by atoms with E-state index in [-0.39, 0.29) is 0 Å². The maximum atomic E-state index is 9.68. The molecule has 0 amide bonds. The van der Waals surface area contributed by atoms with Gasteiger partial charge in [-0.05, 0) is 24.2 Å². The Kier molecular flexibility index (Phi) is 2.54. The molecule has 4 heteroatoms. The summed E-state index contributed by atoms with van der Waals surface area (Å²) in [7, 11) is 0. The molecule has 0 spiro atoms. The fraction of sp³-hybridized carbons (Fsp3) is 0.286. The lowest BCUT2D eigenvalue weighted by atomic mass is 10.4. The standard InChI is InChI=1S/C7H9N3O/c1-2-10-6-4-7(9-10)3-5-8-11/h3-6H,2H2,1H3/b5-3+. The maximum Gasteiger partial charge on any atom is 0.0867 e. The van der Waals surface area contributed by atoms with E-state index in [0.717, 1.165) is 12.2 Å². The van der Waals surface area contributed by atoms with Gasteiger partial charge < -0.3 is 0 Å². The second-order valence-corrected chi connectivity index (χ2v) is 2.02. The van der Waals surface area contributed by atoms with Crippen LogP contribution in [0.15, 0.2) is 23.6 Å². The number of hydrogen-bond donors (Lipinski definition) is 0. The first kappa shape index (κ1) is 7.65. The Labute approximate surface area is 64.5 Å². The van der Waals surface area contributed by atoms with Crippen molar-refractivity contribution in [2.45, 2.75) is 13.5 Å². The molecule has 0 atom stereocenters. The van der Waals surface area contributed by atoms with E-state index >= 15 is 0 Å². The molecule has 58 valence electrons. The molecular weight excluding hydrogens is 142 g/mol. The highest BCUT2D eigenvalue weighted by molar-refractivity contribution is 5.42. The number of nitrogens with zero attached hydrogens (tertiary/aromatic N) is 3. The summed E-state index contributed by atoms with van der Waals surface area (Å²) < 4.78 is 1.78. The third-order valence-electron chi connectivity index (χ3n) is 1.29. The predicted octanol–water partition coefficient (Wildman–Crippen LogP) is 1.64. The molecule has 4 nitrogen and oxygen atoms in total. The van der Waals surface area contributed by atoms with E-state index in [2.05, 4.69) is 10.3 Å². The highest BCUT2D eigenvalue weighted by Gasteiger charge is 1.90. The van der Waals surface area contributed by atoms with Crippen LogP contribution in [-0.4, -0.2) is 9.78 Å². The summed E-state index contributed by atoms with van der Waals surface area (Å²) >= 11 is 0. The molecule has 0 saturated heterocycles. The normalized spacial score (nSPS) is 10.6. The largest absolute Gasteiger partial charge is 0.272 e. The molecule has 0 bridgehead atoms. The highest BCUT2D eigenvalue weighted by Crippen LogP contribution is 1.97. The Hall–Kier alpha value is -1.45. The van der Waals surface area contributed by atoms with Gasteiger partial charge in [0.05, 0.1) is 11.9 Å². The predicted molar refractivity (Wildman–Crippen MR) is 42.7 cm³/mol. The minimum atomic E-state index is 0.756. The van der Waals surface area contributed by atoms with Gasteiger partial charge in [0.25, 0.3) is 0 Å². The van der Waals surface area contributed by atoms with Crippen molar-refractivity contribution in [1.29, 1.82) is 0 Å². The van der Waals surface area contributed by atoms with Crippen LogP contribution < -0.4 is 0 Å². The molecule has 0 N–H and O–H groups in total. The maximum absolute atomic E-state index is 9.68. The van der Waals surface area contributed by atoms with Gasteiger partial charge in [0.1, 0.15) is 0 Å². The van der Waals surface area contributed by atoms with E-state index in [1.165, 1.54) is 6.20 Å². The minimum absolute atomic E-state index is 0.756. The average molecular weight is 151 g/mol. The smallest absolute Gasteiger partial charge is 0.0867 e. The molecule has 1 heterocycles. The Balaban J connectivity index is 2.72. The first-order chi connectivity index (χ1) is 5.36. The summed E-state index contributed by atoms with van der Waals surface area (Å²) in [4.78, 5) is 9.68. The molecule has 0 saturated carbocycles. The molecule has 0 fully saturated rings. The molecule has 11 heavy (non-hydrogen) atoms. The zero-order valence-corrected chi connectivity index (χ0v) is 6.27. The average Bonchev–Trinajstić information content (AvgIpc) is 2.48. The molecule has 0 aliphatic carbocycles. The minimum Gasteiger partial charge on any atom is -0.272 e. The Morgan fingerprint density at radius 1 is 1.82 bits per heavy atom. The monoisotopic (exact) mass is 151 g/mol. The molecule has 1 aromatic heterocycles. The quantitative estimate of drug-likeness (QED) is 0.616. The lowest BCUT2D eigenvalue weighted by molar-refractivity contribution is 0.658. The number of rotatable bonds is 3. The fourth-order valence-corrected chi connectivity index (χ4v) is 0.749. The lowest BCUT2D eigenvalue weighted by Crippen LogP contribution is -1.93. The third kappa shape index (κ3) is 2.00. The number of aromatic nitrogens is 2. The second kappa shape index (κ2) is 3.65. The van der Waals surface area contributed by atoms with Gasteiger partial charge in [-0.2, -0.15) is 5.10 Å². The van der Waals surface area contributed by atoms with Gasteiger partial charge in [0.2, 0.25) is 0 Å². The SMILES string of the molecule is CCn1ccc(/C=C/N=O)n1. The van der Waals surface area contributed by atoms with Gasteiger partial charge in [-0.3, -0.25) is 4.68 Å². The van der Waals surface area contributed by atoms with E-state index in [1.807, 2.05) is 19.2 Å². The van der Waals surface area contributed by atoms with Crippen molar-refractivity contribution >= 4 is 6.08 Å². The first-order valence-corrected chi connectivity index (χ1v) is 3.39. The summed E-state index contributed by atoms with van der Waals surface area (Å²) in [6.07, 6.45) is 4.60. The van der Waals surface area contributed by atoms with Gasteiger partial charge in [-0.15, -0.1) is 4.91 Å². The van der Waals surface area contributed by atoms with Gasteiger partial charge in [0.15, 0.2) is 0 Å². The van der Waals surface area contributed by atoms with E-state index in [9.17, 15) is 4.91 Å². The van der Waals surface area contributed by atoms with E-state index in [0.29, 0.717) is 0 Å². The zero-order chi connectivity index (χ0) is 8.10. The molecule has 0 aromatic carbocycles. The van der Waals surface area contributed by atoms with Crippen LogP contribution in [0.3, 0.4) is 0 Å². The summed E-state index contributed by atoms with van der Waals surface area (Å²) in [5.74, 6) is 0. The van der Waals surface area contributed by atoms with E-state index < -0.39 is 0 Å². The van der Waals surface area contributed by atoms with Gasteiger partial charge in [-0.25, -0.2) is 0 Å². The van der Waals surface area contributed by atoms with E-state index in [1.54, 1.807) is 10.8 Å². The molecule has 0 radical (unpaired) electrons. The molecule has 1 aromatic rings. The van der Waals surface area contributed by atoms with Crippen LogP contribution >= 0.6 is 0 Å². The number of hydrogen-bond acceptors (Lipinski definition) is 3. The Morgan fingerprint density at radius 2 is 2.64 bits per heavy atom. The van der Waals surface area contributed by atoms with Crippen LogP contribution in [0.2, 0.25) is 0 Å². The third-order valence-corrected chi connectivity index (χ3v) is 1.29. The van der Waals surface area contributed by atoms with E-state index in [4.69, 9.17) is 0 Å². The first-order valence-electron chi connectivity index (χ1n) is 3.39. The topological polar surface area (TPSA) is 47.2 Å². The van der Waals surface area contributed by atoms with Crippen LogP contribution in [0.4, 0.5) is 0 Å². The van der Waals surface area contributed by atoms with Crippen LogP contribution in [0.1, 0.15) is 12.6 Å². The number of nitroso groups, excluding NO2 is 1. The molecule has 0 unspecified atom stereocenters. The van der Waals surface area contributed by atoms with Crippen molar-refractivity contribution in [2.75, 3.05) is 0 Å². The van der Waals surface area contributed by atoms with Crippen molar-refractivity contribution in [3.05, 3.63) is 29.1 Å². The fourth-order valence-electron chi connectivity index (χ4n) is 0.749. The van der Waals surface area contributed by atoms with Crippen LogP contribution in [0.25, 0.3) is 6.08 Å². The second-order valence-electron chi connectivity index (χ2n) is 2.02.